The molecule has 32 heavy (non-hydrogen) atoms. The Morgan fingerprint density at radius 1 is 0.906 bits per heavy atom. The van der Waals surface area contributed by atoms with Gasteiger partial charge in [-0.05, 0) is 96.7 Å². The van der Waals surface area contributed by atoms with Crippen molar-refractivity contribution in [1.82, 2.24) is 0 Å². The third kappa shape index (κ3) is 5.07. The van der Waals surface area contributed by atoms with Crippen LogP contribution in [0.15, 0.2) is 54.6 Å². The topological polar surface area (TPSA) is 0 Å². The van der Waals surface area contributed by atoms with Crippen LogP contribution in [0.3, 0.4) is 0 Å². The standard InChI is InChI=1S/C29H27F3/c1-2-3-4-5-21-9-16-26(28(31)18-21)23-13-17-27-24(19-23)12-11-22(29(27)32)10-6-20-7-14-25(30)15-8-20/h7-9,11-12,14-16,18,23H,2-5,13,17,19H2,1H3. The van der Waals surface area contributed by atoms with E-state index < -0.39 is 0 Å². The van der Waals surface area contributed by atoms with Crippen molar-refractivity contribution in [3.8, 4) is 11.8 Å². The van der Waals surface area contributed by atoms with Gasteiger partial charge in [0.05, 0.1) is 5.56 Å². The van der Waals surface area contributed by atoms with E-state index in [4.69, 9.17) is 0 Å². The van der Waals surface area contributed by atoms with Crippen molar-refractivity contribution in [1.29, 1.82) is 0 Å². The Labute approximate surface area is 188 Å². The molecule has 164 valence electrons. The lowest BCUT2D eigenvalue weighted by atomic mass is 9.79. The zero-order valence-electron chi connectivity index (χ0n) is 18.4. The Morgan fingerprint density at radius 3 is 2.47 bits per heavy atom. The van der Waals surface area contributed by atoms with Gasteiger partial charge in [0.15, 0.2) is 0 Å². The fourth-order valence-electron chi connectivity index (χ4n) is 4.48. The molecule has 0 aromatic heterocycles. The first-order chi connectivity index (χ1) is 15.5. The van der Waals surface area contributed by atoms with Crippen molar-refractivity contribution < 1.29 is 13.2 Å². The highest BCUT2D eigenvalue weighted by atomic mass is 19.1. The molecule has 0 amide bonds. The van der Waals surface area contributed by atoms with Gasteiger partial charge >= 0.3 is 0 Å². The van der Waals surface area contributed by atoms with E-state index in [1.54, 1.807) is 24.3 Å². The number of rotatable bonds is 5. The first-order valence-electron chi connectivity index (χ1n) is 11.4. The number of hydrogen-bond donors (Lipinski definition) is 0. The van der Waals surface area contributed by atoms with E-state index in [-0.39, 0.29) is 23.4 Å². The molecular weight excluding hydrogens is 405 g/mol. The summed E-state index contributed by atoms with van der Waals surface area (Å²) in [5, 5.41) is 0. The molecule has 3 aromatic rings. The minimum atomic E-state index is -0.326. The van der Waals surface area contributed by atoms with E-state index in [0.717, 1.165) is 42.4 Å². The molecule has 4 rings (SSSR count). The summed E-state index contributed by atoms with van der Waals surface area (Å²) in [6.45, 7) is 2.16. The molecule has 3 aromatic carbocycles. The van der Waals surface area contributed by atoms with E-state index in [9.17, 15) is 8.78 Å². The molecule has 3 heteroatoms. The molecule has 1 unspecified atom stereocenters. The molecular formula is C29H27F3. The fourth-order valence-corrected chi connectivity index (χ4v) is 4.48. The van der Waals surface area contributed by atoms with Gasteiger partial charge in [-0.3, -0.25) is 0 Å². The van der Waals surface area contributed by atoms with E-state index in [1.807, 2.05) is 18.2 Å². The maximum atomic E-state index is 15.1. The van der Waals surface area contributed by atoms with Crippen molar-refractivity contribution >= 4 is 0 Å². The maximum Gasteiger partial charge on any atom is 0.142 e. The van der Waals surface area contributed by atoms with Crippen LogP contribution in [0.4, 0.5) is 13.2 Å². The number of unbranched alkanes of at least 4 members (excludes halogenated alkanes) is 2. The molecule has 0 saturated heterocycles. The normalized spacial score (nSPS) is 15.1. The molecule has 0 aliphatic heterocycles. The van der Waals surface area contributed by atoms with Gasteiger partial charge in [-0.25, -0.2) is 13.2 Å². The summed E-state index contributed by atoms with van der Waals surface area (Å²) in [4.78, 5) is 0. The highest BCUT2D eigenvalue weighted by Crippen LogP contribution is 2.36. The second-order valence-corrected chi connectivity index (χ2v) is 8.57. The predicted molar refractivity (Wildman–Crippen MR) is 123 cm³/mol. The predicted octanol–water partition coefficient (Wildman–Crippen LogP) is 7.51. The van der Waals surface area contributed by atoms with Gasteiger partial charge < -0.3 is 0 Å². The van der Waals surface area contributed by atoms with Crippen LogP contribution in [0.1, 0.15) is 71.9 Å². The van der Waals surface area contributed by atoms with Crippen molar-refractivity contribution in [3.63, 3.8) is 0 Å². The Morgan fingerprint density at radius 2 is 1.72 bits per heavy atom. The van der Waals surface area contributed by atoms with Crippen molar-refractivity contribution in [2.24, 2.45) is 0 Å². The Hall–Kier alpha value is -2.99. The van der Waals surface area contributed by atoms with Gasteiger partial charge in [0, 0.05) is 5.56 Å². The Bertz CT molecular complexity index is 1150. The van der Waals surface area contributed by atoms with Crippen LogP contribution in [0.2, 0.25) is 0 Å². The first kappa shape index (κ1) is 22.2. The Balaban J connectivity index is 1.50. The first-order valence-corrected chi connectivity index (χ1v) is 11.4. The zero-order valence-corrected chi connectivity index (χ0v) is 18.4. The van der Waals surface area contributed by atoms with Gasteiger partial charge in [-0.15, -0.1) is 0 Å². The summed E-state index contributed by atoms with van der Waals surface area (Å²) in [6.07, 6.45) is 6.20. The van der Waals surface area contributed by atoms with Gasteiger partial charge in [-0.1, -0.05) is 49.8 Å². The lowest BCUT2D eigenvalue weighted by molar-refractivity contribution is 0.513. The summed E-state index contributed by atoms with van der Waals surface area (Å²) in [5.41, 5.74) is 4.37. The van der Waals surface area contributed by atoms with Crippen molar-refractivity contribution in [2.75, 3.05) is 0 Å². The fraction of sp³-hybridized carbons (Fsp3) is 0.310. The molecule has 0 spiro atoms. The SMILES string of the molecule is CCCCCc1ccc(C2CCc3c(ccc(C#Cc4ccc(F)cc4)c3F)C2)c(F)c1. The van der Waals surface area contributed by atoms with Crippen LogP contribution < -0.4 is 0 Å². The van der Waals surface area contributed by atoms with Crippen LogP contribution in [0.5, 0.6) is 0 Å². The minimum Gasteiger partial charge on any atom is -0.207 e. The van der Waals surface area contributed by atoms with E-state index in [0.29, 0.717) is 36.0 Å². The molecule has 0 nitrogen and oxygen atoms in total. The zero-order chi connectivity index (χ0) is 22.5. The average Bonchev–Trinajstić information content (AvgIpc) is 2.80. The van der Waals surface area contributed by atoms with Crippen LogP contribution in [0, 0.1) is 29.3 Å². The summed E-state index contributed by atoms with van der Waals surface area (Å²) >= 11 is 0. The molecule has 0 heterocycles. The van der Waals surface area contributed by atoms with Gasteiger partial charge in [-0.2, -0.15) is 0 Å². The summed E-state index contributed by atoms with van der Waals surface area (Å²) in [7, 11) is 0. The van der Waals surface area contributed by atoms with Crippen LogP contribution in [-0.2, 0) is 19.3 Å². The minimum absolute atomic E-state index is 0.0581. The quantitative estimate of drug-likeness (QED) is 0.289. The lowest BCUT2D eigenvalue weighted by Crippen LogP contribution is -2.16. The third-order valence-corrected chi connectivity index (χ3v) is 6.31. The van der Waals surface area contributed by atoms with Gasteiger partial charge in [0.1, 0.15) is 17.5 Å². The van der Waals surface area contributed by atoms with Gasteiger partial charge in [0.25, 0.3) is 0 Å². The molecule has 0 bridgehead atoms. The highest BCUT2D eigenvalue weighted by Gasteiger charge is 2.25. The molecule has 1 aliphatic carbocycles. The summed E-state index contributed by atoms with van der Waals surface area (Å²) < 4.78 is 43.0. The van der Waals surface area contributed by atoms with Gasteiger partial charge in [0.2, 0.25) is 0 Å². The second kappa shape index (κ2) is 10.1. The monoisotopic (exact) mass is 432 g/mol. The lowest BCUT2D eigenvalue weighted by Gasteiger charge is -2.26. The molecule has 1 atom stereocenters. The molecule has 0 saturated carbocycles. The van der Waals surface area contributed by atoms with E-state index >= 15 is 4.39 Å². The molecule has 1 aliphatic rings. The second-order valence-electron chi connectivity index (χ2n) is 8.57. The molecule has 0 fully saturated rings. The largest absolute Gasteiger partial charge is 0.207 e. The molecule has 0 N–H and O–H groups in total. The van der Waals surface area contributed by atoms with Crippen LogP contribution >= 0.6 is 0 Å². The summed E-state index contributed by atoms with van der Waals surface area (Å²) in [6, 6.07) is 15.1. The maximum absolute atomic E-state index is 15.1. The number of hydrogen-bond acceptors (Lipinski definition) is 0. The number of fused-ring (bicyclic) bond motifs is 1. The average molecular weight is 433 g/mol. The van der Waals surface area contributed by atoms with Crippen LogP contribution in [-0.4, -0.2) is 0 Å². The van der Waals surface area contributed by atoms with E-state index in [2.05, 4.69) is 18.8 Å². The number of aryl methyl sites for hydroxylation is 1. The number of halogens is 3. The third-order valence-electron chi connectivity index (χ3n) is 6.31. The Kier molecular flexibility index (Phi) is 7.00. The van der Waals surface area contributed by atoms with E-state index in [1.165, 1.54) is 12.1 Å². The van der Waals surface area contributed by atoms with Crippen LogP contribution in [0.25, 0.3) is 0 Å². The highest BCUT2D eigenvalue weighted by molar-refractivity contribution is 5.48. The smallest absolute Gasteiger partial charge is 0.142 e. The number of benzene rings is 3. The van der Waals surface area contributed by atoms with Crippen molar-refractivity contribution in [2.45, 2.75) is 57.8 Å². The summed E-state index contributed by atoms with van der Waals surface area (Å²) in [5.74, 6) is 5.06. The molecule has 0 radical (unpaired) electrons. The van der Waals surface area contributed by atoms with Crippen molar-refractivity contribution in [3.05, 3.63) is 105 Å².